The summed E-state index contributed by atoms with van der Waals surface area (Å²) in [5, 5.41) is 0. The summed E-state index contributed by atoms with van der Waals surface area (Å²) in [6, 6.07) is 0. The molecule has 0 amide bonds. The quantitative estimate of drug-likeness (QED) is 0.0211. The van der Waals surface area contributed by atoms with E-state index >= 15 is 0 Å². The van der Waals surface area contributed by atoms with Crippen molar-refractivity contribution in [3.05, 3.63) is 60.8 Å². The van der Waals surface area contributed by atoms with Gasteiger partial charge in [0, 0.05) is 6.42 Å². The van der Waals surface area contributed by atoms with Crippen LogP contribution in [0.1, 0.15) is 309 Å². The first-order valence-corrected chi connectivity index (χ1v) is 34.5. The van der Waals surface area contributed by atoms with E-state index in [0.717, 1.165) is 44.9 Å². The van der Waals surface area contributed by atoms with Gasteiger partial charge >= 0.3 is 19.8 Å². The molecule has 0 aliphatic carbocycles. The van der Waals surface area contributed by atoms with E-state index in [0.29, 0.717) is 17.4 Å². The van der Waals surface area contributed by atoms with Gasteiger partial charge in [0.25, 0.3) is 0 Å². The fraction of sp³-hybridized carbons (Fsp3) is 0.824. The molecule has 0 aliphatic rings. The SMILES string of the molecule is CC/C=C\C/C=C\C/C=C\C/C=C\C/C=C\CC(=O)OC(COC(=O)CCCCCCCCCCCCCCCCCCCCCCCCCCCCCCCCCCCCCCCCC)COP(=O)(O)OCC[N+](C)(C)C. The van der Waals surface area contributed by atoms with Crippen molar-refractivity contribution in [2.75, 3.05) is 47.5 Å². The molecule has 456 valence electrons. The van der Waals surface area contributed by atoms with Gasteiger partial charge in [-0.2, -0.15) is 0 Å². The van der Waals surface area contributed by atoms with Gasteiger partial charge in [0.2, 0.25) is 0 Å². The molecule has 0 bridgehead atoms. The second-order valence-electron chi connectivity index (χ2n) is 23.5. The van der Waals surface area contributed by atoms with Crippen LogP contribution in [0, 0.1) is 0 Å². The van der Waals surface area contributed by atoms with Gasteiger partial charge in [0.1, 0.15) is 19.8 Å². The zero-order chi connectivity index (χ0) is 57.0. The van der Waals surface area contributed by atoms with Crippen LogP contribution in [0.15, 0.2) is 60.8 Å². The number of likely N-dealkylation sites (N-methyl/N-ethyl adjacent to an activating group) is 1. The van der Waals surface area contributed by atoms with Crippen LogP contribution < -0.4 is 0 Å². The summed E-state index contributed by atoms with van der Waals surface area (Å²) in [4.78, 5) is 35.6. The second-order valence-corrected chi connectivity index (χ2v) is 25.0. The molecule has 0 saturated carbocycles. The van der Waals surface area contributed by atoms with Gasteiger partial charge in [-0.15, -0.1) is 0 Å². The molecule has 10 heteroatoms. The third-order valence-corrected chi connectivity index (χ3v) is 15.6. The van der Waals surface area contributed by atoms with Gasteiger partial charge in [-0.1, -0.05) is 319 Å². The highest BCUT2D eigenvalue weighted by Crippen LogP contribution is 2.43. The molecule has 0 aromatic heterocycles. The Bertz CT molecular complexity index is 1500. The Kier molecular flexibility index (Phi) is 57.6. The number of allylic oxidation sites excluding steroid dienone is 9. The maximum absolute atomic E-state index is 12.7. The molecule has 0 radical (unpaired) electrons. The maximum Gasteiger partial charge on any atom is 0.472 e. The Morgan fingerprint density at radius 3 is 1.04 bits per heavy atom. The van der Waals surface area contributed by atoms with E-state index in [4.69, 9.17) is 18.5 Å². The number of unbranched alkanes of at least 4 members (excludes halogenated alkanes) is 38. The van der Waals surface area contributed by atoms with Gasteiger partial charge in [0.05, 0.1) is 34.2 Å². The standard InChI is InChI=1S/C68H126NO8P/c1-6-8-10-12-14-16-18-20-22-23-24-25-26-27-28-29-30-31-32-33-34-35-36-37-38-39-40-41-42-43-44-45-47-48-50-52-54-56-58-60-67(70)74-64-66(65-76-78(72,73)75-63-62-69(3,4)5)77-68(71)61-59-57-55-53-51-49-46-21-19-17-15-13-11-9-7-2/h9,11,15,17,21,46,51,53,57,59,66H,6-8,10,12-14,16,18-20,22-45,47-50,52,54-56,58,60-65H2,1-5H3/p+1/b11-9-,17-15-,46-21-,53-51-,59-57-. The Balaban J connectivity index is 3.89. The van der Waals surface area contributed by atoms with Crippen molar-refractivity contribution in [1.29, 1.82) is 0 Å². The smallest absolute Gasteiger partial charge is 0.462 e. The number of ether oxygens (including phenoxy) is 2. The summed E-state index contributed by atoms with van der Waals surface area (Å²) in [7, 11) is 1.43. The van der Waals surface area contributed by atoms with Crippen LogP contribution in [0.4, 0.5) is 0 Å². The van der Waals surface area contributed by atoms with Crippen LogP contribution in [0.5, 0.6) is 0 Å². The monoisotopic (exact) mass is 1120 g/mol. The number of carbonyl (C=O) groups excluding carboxylic acids is 2. The van der Waals surface area contributed by atoms with Crippen LogP contribution in [0.25, 0.3) is 0 Å². The lowest BCUT2D eigenvalue weighted by atomic mass is 10.0. The van der Waals surface area contributed by atoms with Gasteiger partial charge < -0.3 is 18.9 Å². The largest absolute Gasteiger partial charge is 0.472 e. The molecule has 0 aromatic rings. The predicted octanol–water partition coefficient (Wildman–Crippen LogP) is 21.0. The van der Waals surface area contributed by atoms with E-state index in [9.17, 15) is 19.0 Å². The molecule has 0 spiro atoms. The normalized spacial score (nSPS) is 13.6. The fourth-order valence-corrected chi connectivity index (χ4v) is 10.3. The maximum atomic E-state index is 12.7. The van der Waals surface area contributed by atoms with Crippen LogP contribution in [0.3, 0.4) is 0 Å². The first-order valence-electron chi connectivity index (χ1n) is 33.0. The van der Waals surface area contributed by atoms with Gasteiger partial charge in [-0.05, 0) is 38.5 Å². The molecular formula is C68H127NO8P+. The summed E-state index contributed by atoms with van der Waals surface area (Å²) in [6.07, 6.45) is 78.3. The van der Waals surface area contributed by atoms with E-state index in [1.54, 1.807) is 6.08 Å². The molecular weight excluding hydrogens is 990 g/mol. The summed E-state index contributed by atoms with van der Waals surface area (Å²) in [6.45, 7) is 4.24. The lowest BCUT2D eigenvalue weighted by Crippen LogP contribution is -2.37. The van der Waals surface area contributed by atoms with Crippen molar-refractivity contribution in [2.45, 2.75) is 315 Å². The van der Waals surface area contributed by atoms with Crippen LogP contribution in [-0.4, -0.2) is 74.9 Å². The van der Waals surface area contributed by atoms with Crippen LogP contribution >= 0.6 is 7.82 Å². The molecule has 2 unspecified atom stereocenters. The molecule has 0 saturated heterocycles. The van der Waals surface area contributed by atoms with E-state index in [1.807, 2.05) is 33.3 Å². The van der Waals surface area contributed by atoms with Gasteiger partial charge in [0.15, 0.2) is 6.10 Å². The molecule has 0 aromatic carbocycles. The number of hydrogen-bond acceptors (Lipinski definition) is 7. The summed E-state index contributed by atoms with van der Waals surface area (Å²) >= 11 is 0. The summed E-state index contributed by atoms with van der Waals surface area (Å²) in [5.74, 6) is -0.936. The molecule has 0 heterocycles. The number of phosphoric ester groups is 1. The molecule has 9 nitrogen and oxygen atoms in total. The first kappa shape index (κ1) is 75.7. The second kappa shape index (κ2) is 59.3. The van der Waals surface area contributed by atoms with Gasteiger partial charge in [-0.3, -0.25) is 18.6 Å². The topological polar surface area (TPSA) is 108 Å². The van der Waals surface area contributed by atoms with Crippen LogP contribution in [-0.2, 0) is 32.7 Å². The zero-order valence-electron chi connectivity index (χ0n) is 51.9. The zero-order valence-corrected chi connectivity index (χ0v) is 52.8. The van der Waals surface area contributed by atoms with E-state index in [1.165, 1.54) is 231 Å². The minimum absolute atomic E-state index is 0.00847. The van der Waals surface area contributed by atoms with Gasteiger partial charge in [-0.25, -0.2) is 4.57 Å². The van der Waals surface area contributed by atoms with E-state index < -0.39 is 26.5 Å². The van der Waals surface area contributed by atoms with Crippen molar-refractivity contribution in [3.8, 4) is 0 Å². The Morgan fingerprint density at radius 1 is 0.410 bits per heavy atom. The summed E-state index contributed by atoms with van der Waals surface area (Å²) in [5.41, 5.74) is 0. The van der Waals surface area contributed by atoms with Crippen molar-refractivity contribution in [3.63, 3.8) is 0 Å². The number of nitrogens with zero attached hydrogens (tertiary/aromatic N) is 1. The lowest BCUT2D eigenvalue weighted by molar-refractivity contribution is -0.870. The molecule has 0 rings (SSSR count). The highest BCUT2D eigenvalue weighted by atomic mass is 31.2. The molecule has 78 heavy (non-hydrogen) atoms. The van der Waals surface area contributed by atoms with E-state index in [-0.39, 0.29) is 32.0 Å². The predicted molar refractivity (Wildman–Crippen MR) is 335 cm³/mol. The fourth-order valence-electron chi connectivity index (χ4n) is 9.57. The highest BCUT2D eigenvalue weighted by Gasteiger charge is 2.27. The minimum atomic E-state index is -4.41. The van der Waals surface area contributed by atoms with Crippen molar-refractivity contribution < 1.29 is 42.1 Å². The number of esters is 2. The molecule has 1 N–H and O–H groups in total. The Morgan fingerprint density at radius 2 is 0.718 bits per heavy atom. The number of quaternary nitrogens is 1. The Hall–Kier alpha value is -2.29. The molecule has 0 aliphatic heterocycles. The molecule has 2 atom stereocenters. The highest BCUT2D eigenvalue weighted by molar-refractivity contribution is 7.47. The van der Waals surface area contributed by atoms with Crippen molar-refractivity contribution in [1.82, 2.24) is 0 Å². The first-order chi connectivity index (χ1) is 38.0. The molecule has 0 fully saturated rings. The number of carbonyl (C=O) groups is 2. The van der Waals surface area contributed by atoms with E-state index in [2.05, 4.69) is 56.4 Å². The lowest BCUT2D eigenvalue weighted by Gasteiger charge is -2.24. The Labute approximate surface area is 483 Å². The number of rotatable bonds is 61. The average Bonchev–Trinajstić information content (AvgIpc) is 3.41. The van der Waals surface area contributed by atoms with Crippen molar-refractivity contribution in [2.24, 2.45) is 0 Å². The number of hydrogen-bond donors (Lipinski definition) is 1. The third kappa shape index (κ3) is 62.9. The average molecular weight is 1120 g/mol. The minimum Gasteiger partial charge on any atom is -0.462 e. The van der Waals surface area contributed by atoms with Crippen LogP contribution in [0.2, 0.25) is 0 Å². The third-order valence-electron chi connectivity index (χ3n) is 14.6. The van der Waals surface area contributed by atoms with Crippen molar-refractivity contribution >= 4 is 19.8 Å². The number of phosphoric acid groups is 1. The summed E-state index contributed by atoms with van der Waals surface area (Å²) < 4.78 is 34.4.